The molecule has 0 unspecified atom stereocenters. The van der Waals surface area contributed by atoms with Crippen molar-refractivity contribution < 1.29 is 17.7 Å². The van der Waals surface area contributed by atoms with Crippen LogP contribution in [0.3, 0.4) is 0 Å². The highest BCUT2D eigenvalue weighted by Crippen LogP contribution is 2.21. The molecule has 3 rings (SSSR count). The number of benzene rings is 2. The predicted molar refractivity (Wildman–Crippen MR) is 115 cm³/mol. The number of nitrogens with zero attached hydrogens (tertiary/aromatic N) is 4. The number of amides is 1. The number of sulfonamides is 1. The Kier molecular flexibility index (Phi) is 6.69. The summed E-state index contributed by atoms with van der Waals surface area (Å²) >= 11 is 3.39. The zero-order chi connectivity index (χ0) is 21.9. The maximum atomic E-state index is 12.7. The quantitative estimate of drug-likeness (QED) is 0.502. The Morgan fingerprint density at radius 2 is 1.83 bits per heavy atom. The minimum absolute atomic E-state index is 0.0677. The Labute approximate surface area is 183 Å². The smallest absolute Gasteiger partial charge is 0.246 e. The molecular formula is C20H21BrN4O4S. The molecule has 0 atom stereocenters. The molecule has 0 aliphatic carbocycles. The van der Waals surface area contributed by atoms with Crippen LogP contribution in [0.4, 0.5) is 0 Å². The normalized spacial score (nSPS) is 11.6. The topological polar surface area (TPSA) is 96.6 Å². The van der Waals surface area contributed by atoms with Crippen molar-refractivity contribution in [2.24, 2.45) is 0 Å². The lowest BCUT2D eigenvalue weighted by atomic mass is 10.2. The van der Waals surface area contributed by atoms with E-state index in [2.05, 4.69) is 26.1 Å². The summed E-state index contributed by atoms with van der Waals surface area (Å²) in [5.41, 5.74) is 1.73. The van der Waals surface area contributed by atoms with Gasteiger partial charge in [-0.2, -0.15) is 9.29 Å². The highest BCUT2D eigenvalue weighted by molar-refractivity contribution is 9.10. The van der Waals surface area contributed by atoms with Crippen molar-refractivity contribution in [1.29, 1.82) is 0 Å². The molecule has 0 fully saturated rings. The summed E-state index contributed by atoms with van der Waals surface area (Å²) in [6.45, 7) is 1.63. The molecule has 0 aliphatic heterocycles. The molecule has 0 saturated heterocycles. The molecule has 1 amide bonds. The van der Waals surface area contributed by atoms with Crippen LogP contribution in [0.15, 0.2) is 62.4 Å². The molecule has 10 heteroatoms. The lowest BCUT2D eigenvalue weighted by Gasteiger charge is -2.20. The molecule has 30 heavy (non-hydrogen) atoms. The van der Waals surface area contributed by atoms with Crippen molar-refractivity contribution in [3.63, 3.8) is 0 Å². The standard InChI is InChI=1S/C20H21BrN4O4S/c1-14-7-9-17(10-8-14)30(27,28)25(3)13-19(26)24(2)12-18-22-20(23-29-18)15-5-4-6-16(21)11-15/h4-11H,12-13H2,1-3H3. The number of carbonyl (C=O) groups excluding carboxylic acids is 1. The molecule has 1 aromatic heterocycles. The summed E-state index contributed by atoms with van der Waals surface area (Å²) in [5.74, 6) is 0.270. The molecule has 0 saturated carbocycles. The van der Waals surface area contributed by atoms with Gasteiger partial charge in [-0.25, -0.2) is 8.42 Å². The molecule has 3 aromatic rings. The van der Waals surface area contributed by atoms with Crippen LogP contribution in [0.25, 0.3) is 11.4 Å². The van der Waals surface area contributed by atoms with Crippen LogP contribution in [0.5, 0.6) is 0 Å². The largest absolute Gasteiger partial charge is 0.337 e. The minimum Gasteiger partial charge on any atom is -0.337 e. The van der Waals surface area contributed by atoms with Gasteiger partial charge in [0.15, 0.2) is 0 Å². The lowest BCUT2D eigenvalue weighted by molar-refractivity contribution is -0.130. The fourth-order valence-electron chi connectivity index (χ4n) is 2.64. The summed E-state index contributed by atoms with van der Waals surface area (Å²) in [6, 6.07) is 13.9. The van der Waals surface area contributed by atoms with Crippen LogP contribution in [0, 0.1) is 6.92 Å². The van der Waals surface area contributed by atoms with Crippen LogP contribution >= 0.6 is 15.9 Å². The molecule has 0 N–H and O–H groups in total. The SMILES string of the molecule is Cc1ccc(S(=O)(=O)N(C)CC(=O)N(C)Cc2nc(-c3cccc(Br)c3)no2)cc1. The van der Waals surface area contributed by atoms with Crippen molar-refractivity contribution in [2.45, 2.75) is 18.4 Å². The van der Waals surface area contributed by atoms with Gasteiger partial charge in [0.25, 0.3) is 0 Å². The van der Waals surface area contributed by atoms with Crippen LogP contribution < -0.4 is 0 Å². The Hall–Kier alpha value is -2.56. The number of halogens is 1. The highest BCUT2D eigenvalue weighted by atomic mass is 79.9. The summed E-state index contributed by atoms with van der Waals surface area (Å²) < 4.78 is 32.5. The van der Waals surface area contributed by atoms with Crippen molar-refractivity contribution in [2.75, 3.05) is 20.6 Å². The average molecular weight is 493 g/mol. The van der Waals surface area contributed by atoms with Crippen molar-refractivity contribution in [3.8, 4) is 11.4 Å². The number of carbonyl (C=O) groups is 1. The van der Waals surface area contributed by atoms with Gasteiger partial charge in [0.05, 0.1) is 18.0 Å². The summed E-state index contributed by atoms with van der Waals surface area (Å²) in [5, 5.41) is 3.94. The molecule has 1 heterocycles. The van der Waals surface area contributed by atoms with Crippen LogP contribution in [-0.2, 0) is 21.4 Å². The van der Waals surface area contributed by atoms with Gasteiger partial charge in [0, 0.05) is 24.1 Å². The second-order valence-electron chi connectivity index (χ2n) is 6.85. The zero-order valence-electron chi connectivity index (χ0n) is 16.7. The summed E-state index contributed by atoms with van der Waals surface area (Å²) in [4.78, 5) is 18.3. The molecule has 0 aliphatic rings. The van der Waals surface area contributed by atoms with E-state index < -0.39 is 15.9 Å². The average Bonchev–Trinajstić information content (AvgIpc) is 3.16. The Balaban J connectivity index is 1.64. The number of likely N-dealkylation sites (N-methyl/N-ethyl adjacent to an activating group) is 2. The first-order valence-corrected chi connectivity index (χ1v) is 11.3. The maximum absolute atomic E-state index is 12.7. The van der Waals surface area contributed by atoms with E-state index >= 15 is 0 Å². The van der Waals surface area contributed by atoms with Crippen molar-refractivity contribution >= 4 is 31.9 Å². The van der Waals surface area contributed by atoms with E-state index in [-0.39, 0.29) is 23.9 Å². The first-order chi connectivity index (χ1) is 14.2. The maximum Gasteiger partial charge on any atom is 0.246 e. The third-order valence-electron chi connectivity index (χ3n) is 4.44. The predicted octanol–water partition coefficient (Wildman–Crippen LogP) is 3.09. The van der Waals surface area contributed by atoms with Crippen LogP contribution in [-0.4, -0.2) is 54.3 Å². The van der Waals surface area contributed by atoms with E-state index in [9.17, 15) is 13.2 Å². The van der Waals surface area contributed by atoms with Crippen molar-refractivity contribution in [3.05, 3.63) is 64.5 Å². The third kappa shape index (κ3) is 5.13. The molecule has 158 valence electrons. The molecule has 0 bridgehead atoms. The van der Waals surface area contributed by atoms with Gasteiger partial charge in [0.1, 0.15) is 0 Å². The summed E-state index contributed by atoms with van der Waals surface area (Å²) in [6.07, 6.45) is 0. The fourth-order valence-corrected chi connectivity index (χ4v) is 4.16. The second-order valence-corrected chi connectivity index (χ2v) is 9.81. The first kappa shape index (κ1) is 22.1. The summed E-state index contributed by atoms with van der Waals surface area (Å²) in [7, 11) is -0.836. The van der Waals surface area contributed by atoms with E-state index in [0.717, 1.165) is 19.9 Å². The van der Waals surface area contributed by atoms with Gasteiger partial charge in [-0.05, 0) is 31.2 Å². The molecule has 0 radical (unpaired) electrons. The third-order valence-corrected chi connectivity index (χ3v) is 6.75. The zero-order valence-corrected chi connectivity index (χ0v) is 19.1. The molecule has 2 aromatic carbocycles. The van der Waals surface area contributed by atoms with Gasteiger partial charge in [-0.3, -0.25) is 4.79 Å². The van der Waals surface area contributed by atoms with Gasteiger partial charge < -0.3 is 9.42 Å². The van der Waals surface area contributed by atoms with E-state index in [0.29, 0.717) is 5.82 Å². The first-order valence-electron chi connectivity index (χ1n) is 9.02. The minimum atomic E-state index is -3.76. The molecular weight excluding hydrogens is 472 g/mol. The highest BCUT2D eigenvalue weighted by Gasteiger charge is 2.25. The number of rotatable bonds is 7. The number of aromatic nitrogens is 2. The van der Waals surface area contributed by atoms with Crippen LogP contribution in [0.2, 0.25) is 0 Å². The number of aryl methyl sites for hydroxylation is 1. The number of hydrogen-bond donors (Lipinski definition) is 0. The second kappa shape index (κ2) is 9.07. The van der Waals surface area contributed by atoms with Gasteiger partial charge in [-0.1, -0.05) is 50.9 Å². The van der Waals surface area contributed by atoms with E-state index in [4.69, 9.17) is 4.52 Å². The van der Waals surface area contributed by atoms with Crippen LogP contribution in [0.1, 0.15) is 11.5 Å². The van der Waals surface area contributed by atoms with E-state index in [1.807, 2.05) is 31.2 Å². The Morgan fingerprint density at radius 3 is 2.50 bits per heavy atom. The van der Waals surface area contributed by atoms with Gasteiger partial charge in [-0.15, -0.1) is 0 Å². The molecule has 8 nitrogen and oxygen atoms in total. The Morgan fingerprint density at radius 1 is 1.13 bits per heavy atom. The van der Waals surface area contributed by atoms with Gasteiger partial charge >= 0.3 is 0 Å². The van der Waals surface area contributed by atoms with E-state index in [1.165, 1.54) is 24.1 Å². The van der Waals surface area contributed by atoms with Crippen molar-refractivity contribution in [1.82, 2.24) is 19.3 Å². The van der Waals surface area contributed by atoms with Gasteiger partial charge in [0.2, 0.25) is 27.6 Å². The molecule has 0 spiro atoms. The van der Waals surface area contributed by atoms with E-state index in [1.54, 1.807) is 19.2 Å². The monoisotopic (exact) mass is 492 g/mol. The number of hydrogen-bond acceptors (Lipinski definition) is 6. The fraction of sp³-hybridized carbons (Fsp3) is 0.250. The lowest BCUT2D eigenvalue weighted by Crippen LogP contribution is -2.39. The Bertz CT molecular complexity index is 1150.